The predicted octanol–water partition coefficient (Wildman–Crippen LogP) is 5.76. The van der Waals surface area contributed by atoms with Crippen LogP contribution in [-0.2, 0) is 25.6 Å². The quantitative estimate of drug-likeness (QED) is 0.274. The summed E-state index contributed by atoms with van der Waals surface area (Å²) in [6.45, 7) is 3.72. The number of aryl methyl sites for hydroxylation is 2. The van der Waals surface area contributed by atoms with E-state index in [9.17, 15) is 5.11 Å². The molecule has 10 heteroatoms. The number of hydrogen-bond donors (Lipinski definition) is 1. The van der Waals surface area contributed by atoms with Crippen molar-refractivity contribution in [3.05, 3.63) is 144 Å². The lowest BCUT2D eigenvalue weighted by molar-refractivity contribution is 0.0343. The Balaban J connectivity index is 1.56. The molecule has 0 saturated carbocycles. The van der Waals surface area contributed by atoms with Crippen LogP contribution < -0.4 is 13.5 Å². The first-order valence-electron chi connectivity index (χ1n) is 14.1. The SMILES string of the molecule is Cc1ccc(S(=O)(=O)N2c3ccccc3N3c4ccccc4[C@]4(O)c5ccccc5N(S(=O)(=O)c5ccc(C)cc5)[C@@]324)cc1. The number of fused-ring (bicyclic) bond motifs is 7. The van der Waals surface area contributed by atoms with E-state index in [1.54, 1.807) is 102 Å². The molecule has 0 radical (unpaired) electrons. The molecule has 3 aliphatic rings. The van der Waals surface area contributed by atoms with E-state index in [2.05, 4.69) is 0 Å². The average Bonchev–Trinajstić information content (AvgIpc) is 3.53. The molecular formula is C34H27N3O5S2. The average molecular weight is 622 g/mol. The van der Waals surface area contributed by atoms with Crippen LogP contribution in [0.1, 0.15) is 22.3 Å². The molecule has 0 bridgehead atoms. The maximum atomic E-state index is 15.1. The third kappa shape index (κ3) is 3.05. The van der Waals surface area contributed by atoms with Gasteiger partial charge in [0.05, 0.1) is 32.5 Å². The molecule has 0 saturated heterocycles. The molecule has 5 aromatic carbocycles. The Morgan fingerprint density at radius 1 is 0.500 bits per heavy atom. The van der Waals surface area contributed by atoms with E-state index >= 15 is 16.8 Å². The van der Waals surface area contributed by atoms with Gasteiger partial charge in [-0.3, -0.25) is 4.90 Å². The Morgan fingerprint density at radius 3 is 1.41 bits per heavy atom. The van der Waals surface area contributed by atoms with E-state index in [1.807, 2.05) is 13.8 Å². The zero-order valence-electron chi connectivity index (χ0n) is 23.8. The maximum Gasteiger partial charge on any atom is 0.267 e. The lowest BCUT2D eigenvalue weighted by atomic mass is 9.85. The number of benzene rings is 5. The summed E-state index contributed by atoms with van der Waals surface area (Å²) in [6, 6.07) is 33.5. The fourth-order valence-electron chi connectivity index (χ4n) is 7.01. The monoisotopic (exact) mass is 621 g/mol. The Bertz CT molecular complexity index is 2140. The van der Waals surface area contributed by atoms with Crippen LogP contribution in [0.5, 0.6) is 0 Å². The zero-order valence-corrected chi connectivity index (χ0v) is 25.4. The minimum Gasteiger partial charge on any atom is -0.374 e. The second-order valence-electron chi connectivity index (χ2n) is 11.4. The van der Waals surface area contributed by atoms with Crippen molar-refractivity contribution in [1.29, 1.82) is 0 Å². The van der Waals surface area contributed by atoms with E-state index in [-0.39, 0.29) is 26.7 Å². The molecule has 220 valence electrons. The summed E-state index contributed by atoms with van der Waals surface area (Å²) >= 11 is 0. The van der Waals surface area contributed by atoms with Gasteiger partial charge in [-0.25, -0.2) is 25.4 Å². The molecule has 0 amide bonds. The topological polar surface area (TPSA) is 98.2 Å². The van der Waals surface area contributed by atoms with Gasteiger partial charge in [0, 0.05) is 11.1 Å². The summed E-state index contributed by atoms with van der Waals surface area (Å²) in [4.78, 5) is 1.61. The van der Waals surface area contributed by atoms with Crippen LogP contribution in [0, 0.1) is 13.8 Å². The number of nitrogens with zero attached hydrogens (tertiary/aromatic N) is 3. The van der Waals surface area contributed by atoms with Crippen molar-refractivity contribution >= 4 is 42.8 Å². The van der Waals surface area contributed by atoms with Crippen molar-refractivity contribution in [2.24, 2.45) is 0 Å². The Morgan fingerprint density at radius 2 is 0.886 bits per heavy atom. The molecule has 2 atom stereocenters. The molecule has 44 heavy (non-hydrogen) atoms. The standard InChI is InChI=1S/C34H27N3O5S2/c1-23-15-19-25(20-16-23)43(39,40)36-30-12-6-4-10-28(30)33(38)27-9-3-5-11-29(27)35-31-13-7-8-14-32(31)37(34(33,35)36)44(41,42)26-21-17-24(2)18-22-26/h3-22,38H,1-2H3/t33-,34+/m0/s1. The molecule has 3 aliphatic heterocycles. The maximum absolute atomic E-state index is 15.1. The second-order valence-corrected chi connectivity index (χ2v) is 14.9. The molecule has 8 rings (SSSR count). The van der Waals surface area contributed by atoms with E-state index in [4.69, 9.17) is 0 Å². The van der Waals surface area contributed by atoms with Gasteiger partial charge < -0.3 is 5.11 Å². The highest BCUT2D eigenvalue weighted by Crippen LogP contribution is 2.71. The summed E-state index contributed by atoms with van der Waals surface area (Å²) in [5.41, 5.74) is 1.65. The van der Waals surface area contributed by atoms with Crippen molar-refractivity contribution in [2.75, 3.05) is 13.5 Å². The fraction of sp³-hybridized carbons (Fsp3) is 0.118. The van der Waals surface area contributed by atoms with Crippen LogP contribution >= 0.6 is 0 Å². The summed E-state index contributed by atoms with van der Waals surface area (Å²) in [6.07, 6.45) is 0. The molecule has 3 heterocycles. The predicted molar refractivity (Wildman–Crippen MR) is 169 cm³/mol. The lowest BCUT2D eigenvalue weighted by Gasteiger charge is -2.48. The molecule has 1 N–H and O–H groups in total. The molecule has 0 unspecified atom stereocenters. The van der Waals surface area contributed by atoms with Crippen molar-refractivity contribution < 1.29 is 21.9 Å². The highest BCUT2D eigenvalue weighted by Gasteiger charge is 2.80. The van der Waals surface area contributed by atoms with Gasteiger partial charge in [-0.2, -0.15) is 0 Å². The third-order valence-electron chi connectivity index (χ3n) is 8.87. The minimum absolute atomic E-state index is 0.0314. The summed E-state index contributed by atoms with van der Waals surface area (Å²) in [5.74, 6) is -2.24. The van der Waals surface area contributed by atoms with Crippen LogP contribution in [0.4, 0.5) is 22.7 Å². The van der Waals surface area contributed by atoms with Crippen LogP contribution in [0.2, 0.25) is 0 Å². The van der Waals surface area contributed by atoms with Gasteiger partial charge in [0.15, 0.2) is 5.60 Å². The summed E-state index contributed by atoms with van der Waals surface area (Å²) in [5, 5.41) is 13.4. The van der Waals surface area contributed by atoms with Crippen LogP contribution in [0.15, 0.2) is 131 Å². The smallest absolute Gasteiger partial charge is 0.267 e. The lowest BCUT2D eigenvalue weighted by Crippen LogP contribution is -2.73. The van der Waals surface area contributed by atoms with Gasteiger partial charge in [0.2, 0.25) is 0 Å². The second kappa shape index (κ2) is 8.72. The Labute approximate surface area is 256 Å². The molecule has 1 spiro atoms. The molecular weight excluding hydrogens is 595 g/mol. The van der Waals surface area contributed by atoms with Gasteiger partial charge in [-0.1, -0.05) is 83.9 Å². The Hall–Kier alpha value is -4.64. The van der Waals surface area contributed by atoms with Gasteiger partial charge in [-0.15, -0.1) is 0 Å². The van der Waals surface area contributed by atoms with Crippen molar-refractivity contribution in [3.63, 3.8) is 0 Å². The minimum atomic E-state index is -4.52. The summed E-state index contributed by atoms with van der Waals surface area (Å²) < 4.78 is 62.4. The van der Waals surface area contributed by atoms with Gasteiger partial charge in [0.1, 0.15) is 0 Å². The van der Waals surface area contributed by atoms with E-state index < -0.39 is 31.4 Å². The molecule has 0 aliphatic carbocycles. The molecule has 8 nitrogen and oxygen atoms in total. The van der Waals surface area contributed by atoms with Crippen molar-refractivity contribution in [3.8, 4) is 0 Å². The van der Waals surface area contributed by atoms with Crippen molar-refractivity contribution in [1.82, 2.24) is 0 Å². The summed E-state index contributed by atoms with van der Waals surface area (Å²) in [7, 11) is -9.03. The number of aliphatic hydroxyl groups is 1. The first-order valence-corrected chi connectivity index (χ1v) is 17.0. The van der Waals surface area contributed by atoms with E-state index in [0.717, 1.165) is 19.7 Å². The van der Waals surface area contributed by atoms with Crippen LogP contribution in [-0.4, -0.2) is 27.7 Å². The van der Waals surface area contributed by atoms with Crippen molar-refractivity contribution in [2.45, 2.75) is 35.0 Å². The van der Waals surface area contributed by atoms with E-state index in [1.165, 1.54) is 24.3 Å². The normalized spacial score (nSPS) is 21.5. The highest BCUT2D eigenvalue weighted by atomic mass is 32.2. The Kier molecular flexibility index (Phi) is 5.34. The fourth-order valence-corrected chi connectivity index (χ4v) is 10.5. The van der Waals surface area contributed by atoms with E-state index in [0.29, 0.717) is 16.9 Å². The zero-order chi connectivity index (χ0) is 30.6. The number of hydrogen-bond acceptors (Lipinski definition) is 6. The third-order valence-corrected chi connectivity index (χ3v) is 12.5. The van der Waals surface area contributed by atoms with Gasteiger partial charge in [-0.05, 0) is 62.4 Å². The van der Waals surface area contributed by atoms with Crippen LogP contribution in [0.25, 0.3) is 0 Å². The van der Waals surface area contributed by atoms with Gasteiger partial charge in [0.25, 0.3) is 25.8 Å². The first-order chi connectivity index (χ1) is 21.1. The number of rotatable bonds is 4. The van der Waals surface area contributed by atoms with Crippen LogP contribution in [0.3, 0.4) is 0 Å². The number of para-hydroxylation sites is 4. The number of sulfonamides is 2. The first kappa shape index (κ1) is 26.9. The number of anilines is 4. The molecule has 5 aromatic rings. The largest absolute Gasteiger partial charge is 0.374 e. The molecule has 0 fully saturated rings. The highest BCUT2D eigenvalue weighted by molar-refractivity contribution is 7.94. The molecule has 0 aromatic heterocycles. The van der Waals surface area contributed by atoms with Gasteiger partial charge >= 0.3 is 0 Å².